The molecule has 1 fully saturated rings. The van der Waals surface area contributed by atoms with Gasteiger partial charge in [-0.2, -0.15) is 0 Å². The monoisotopic (exact) mass is 490 g/mol. The molecule has 0 unspecified atom stereocenters. The summed E-state index contributed by atoms with van der Waals surface area (Å²) in [6.07, 6.45) is 3.06. The third-order valence-corrected chi connectivity index (χ3v) is 6.67. The van der Waals surface area contributed by atoms with Crippen molar-refractivity contribution in [2.24, 2.45) is 5.92 Å². The number of halogens is 1. The number of carbonyl (C=O) groups is 1. The number of likely N-dealkylation sites (tertiary alicyclic amines) is 1. The third-order valence-electron chi connectivity index (χ3n) is 5.23. The van der Waals surface area contributed by atoms with E-state index >= 15 is 0 Å². The van der Waals surface area contributed by atoms with Gasteiger partial charge in [-0.25, -0.2) is 9.67 Å². The number of rotatable bonds is 7. The number of nitrogens with one attached hydrogen (secondary N) is 2. The number of para-hydroxylation sites is 2. The van der Waals surface area contributed by atoms with Crippen LogP contribution in [0.2, 0.25) is 5.02 Å². The zero-order chi connectivity index (χ0) is 22.5. The Hall–Kier alpha value is -2.53. The fourth-order valence-corrected chi connectivity index (χ4v) is 4.63. The van der Waals surface area contributed by atoms with Crippen LogP contribution < -0.4 is 15.4 Å². The van der Waals surface area contributed by atoms with Gasteiger partial charge in [0.15, 0.2) is 3.95 Å². The van der Waals surface area contributed by atoms with Crippen molar-refractivity contribution in [1.82, 2.24) is 19.7 Å². The summed E-state index contributed by atoms with van der Waals surface area (Å²) in [6.45, 7) is 2.18. The lowest BCUT2D eigenvalue weighted by molar-refractivity contribution is -0.121. The lowest BCUT2D eigenvalue weighted by Gasteiger charge is -2.30. The number of benzene rings is 1. The molecule has 0 radical (unpaired) electrons. The Labute approximate surface area is 200 Å². The molecule has 3 heterocycles. The normalized spacial score (nSPS) is 14.8. The molecule has 32 heavy (non-hydrogen) atoms. The summed E-state index contributed by atoms with van der Waals surface area (Å²) in [7, 11) is 1.64. The highest BCUT2D eigenvalue weighted by atomic mass is 35.5. The first-order valence-electron chi connectivity index (χ1n) is 10.1. The maximum Gasteiger partial charge on any atom is 0.228 e. The highest BCUT2D eigenvalue weighted by Gasteiger charge is 2.25. The summed E-state index contributed by atoms with van der Waals surface area (Å²) in [6, 6.07) is 11.1. The predicted octanol–water partition coefficient (Wildman–Crippen LogP) is 4.78. The second-order valence-corrected chi connectivity index (χ2v) is 9.44. The predicted molar refractivity (Wildman–Crippen MR) is 129 cm³/mol. The molecule has 0 aliphatic carbocycles. The van der Waals surface area contributed by atoms with Gasteiger partial charge < -0.3 is 15.4 Å². The molecule has 1 saturated heterocycles. The van der Waals surface area contributed by atoms with E-state index in [1.54, 1.807) is 19.2 Å². The SMILES string of the molecule is COc1ccccc1Nc1nn(CN2CCC(C(=O)Nc3ccc(Cl)cn3)CC2)c(=S)s1. The van der Waals surface area contributed by atoms with Gasteiger partial charge in [-0.3, -0.25) is 9.69 Å². The number of carbonyl (C=O) groups excluding carboxylic acids is 1. The number of amides is 1. The van der Waals surface area contributed by atoms with E-state index in [0.717, 1.165) is 37.4 Å². The molecule has 2 aromatic heterocycles. The van der Waals surface area contributed by atoms with Crippen molar-refractivity contribution >= 4 is 57.7 Å². The van der Waals surface area contributed by atoms with Gasteiger partial charge in [-0.1, -0.05) is 35.1 Å². The summed E-state index contributed by atoms with van der Waals surface area (Å²) < 4.78 is 7.88. The Morgan fingerprint density at radius 1 is 1.28 bits per heavy atom. The first-order valence-corrected chi connectivity index (χ1v) is 11.7. The molecule has 4 rings (SSSR count). The zero-order valence-corrected chi connectivity index (χ0v) is 19.8. The Morgan fingerprint density at radius 3 is 2.78 bits per heavy atom. The van der Waals surface area contributed by atoms with Crippen molar-refractivity contribution < 1.29 is 9.53 Å². The van der Waals surface area contributed by atoms with Crippen LogP contribution in [-0.4, -0.2) is 45.8 Å². The summed E-state index contributed by atoms with van der Waals surface area (Å²) in [4.78, 5) is 18.9. The molecule has 8 nitrogen and oxygen atoms in total. The Balaban J connectivity index is 1.31. The van der Waals surface area contributed by atoms with Crippen molar-refractivity contribution in [3.05, 3.63) is 51.6 Å². The lowest BCUT2D eigenvalue weighted by atomic mass is 9.96. The minimum atomic E-state index is -0.0464. The molecule has 168 valence electrons. The molecule has 0 spiro atoms. The van der Waals surface area contributed by atoms with Gasteiger partial charge in [0.05, 0.1) is 24.5 Å². The average Bonchev–Trinajstić information content (AvgIpc) is 3.14. The average molecular weight is 491 g/mol. The zero-order valence-electron chi connectivity index (χ0n) is 17.5. The van der Waals surface area contributed by atoms with E-state index in [2.05, 4.69) is 25.6 Å². The molecule has 1 aromatic carbocycles. The van der Waals surface area contributed by atoms with Crippen molar-refractivity contribution in [2.75, 3.05) is 30.8 Å². The summed E-state index contributed by atoms with van der Waals surface area (Å²) >= 11 is 12.8. The highest BCUT2D eigenvalue weighted by molar-refractivity contribution is 7.73. The first-order chi connectivity index (χ1) is 15.5. The summed E-state index contributed by atoms with van der Waals surface area (Å²) in [5.41, 5.74) is 0.841. The van der Waals surface area contributed by atoms with Crippen LogP contribution in [0.1, 0.15) is 12.8 Å². The van der Waals surface area contributed by atoms with Crippen LogP contribution in [0.4, 0.5) is 16.6 Å². The van der Waals surface area contributed by atoms with E-state index in [-0.39, 0.29) is 11.8 Å². The van der Waals surface area contributed by atoms with Crippen molar-refractivity contribution in [1.29, 1.82) is 0 Å². The Kier molecular flexibility index (Phi) is 7.36. The number of hydrogen-bond acceptors (Lipinski definition) is 8. The van der Waals surface area contributed by atoms with E-state index in [9.17, 15) is 4.79 Å². The molecule has 1 aliphatic rings. The van der Waals surface area contributed by atoms with Crippen LogP contribution in [0.25, 0.3) is 0 Å². The van der Waals surface area contributed by atoms with Crippen LogP contribution in [0.5, 0.6) is 5.75 Å². The number of hydrogen-bond donors (Lipinski definition) is 2. The second-order valence-electron chi connectivity index (χ2n) is 7.38. The lowest BCUT2D eigenvalue weighted by Crippen LogP contribution is -2.39. The minimum Gasteiger partial charge on any atom is -0.495 e. The van der Waals surface area contributed by atoms with E-state index in [0.29, 0.717) is 26.6 Å². The van der Waals surface area contributed by atoms with Gasteiger partial charge in [0.25, 0.3) is 0 Å². The number of pyridine rings is 1. The number of methoxy groups -OCH3 is 1. The molecular weight excluding hydrogens is 468 g/mol. The van der Waals surface area contributed by atoms with Crippen LogP contribution in [-0.2, 0) is 11.5 Å². The molecule has 0 saturated carbocycles. The van der Waals surface area contributed by atoms with Crippen molar-refractivity contribution in [3.63, 3.8) is 0 Å². The van der Waals surface area contributed by atoms with Gasteiger partial charge in [0, 0.05) is 25.2 Å². The number of piperidine rings is 1. The third kappa shape index (κ3) is 5.63. The van der Waals surface area contributed by atoms with Gasteiger partial charge >= 0.3 is 0 Å². The second kappa shape index (κ2) is 10.4. The Morgan fingerprint density at radius 2 is 2.06 bits per heavy atom. The minimum absolute atomic E-state index is 0.00645. The molecule has 0 atom stereocenters. The summed E-state index contributed by atoms with van der Waals surface area (Å²) in [5.74, 6) is 1.21. The van der Waals surface area contributed by atoms with E-state index in [4.69, 9.17) is 28.6 Å². The Bertz CT molecular complexity index is 1130. The van der Waals surface area contributed by atoms with Crippen LogP contribution in [0.3, 0.4) is 0 Å². The van der Waals surface area contributed by atoms with Gasteiger partial charge in [-0.05, 0) is 49.3 Å². The molecule has 2 N–H and O–H groups in total. The van der Waals surface area contributed by atoms with E-state index < -0.39 is 0 Å². The maximum absolute atomic E-state index is 12.5. The molecule has 11 heteroatoms. The number of aromatic nitrogens is 3. The van der Waals surface area contributed by atoms with Crippen LogP contribution >= 0.6 is 35.2 Å². The topological polar surface area (TPSA) is 84.3 Å². The highest BCUT2D eigenvalue weighted by Crippen LogP contribution is 2.28. The number of ether oxygens (including phenoxy) is 1. The van der Waals surface area contributed by atoms with Gasteiger partial charge in [0.1, 0.15) is 11.6 Å². The van der Waals surface area contributed by atoms with Crippen LogP contribution in [0.15, 0.2) is 42.6 Å². The van der Waals surface area contributed by atoms with E-state index in [1.807, 2.05) is 28.9 Å². The molecular formula is C21H23ClN6O2S2. The standard InChI is InChI=1S/C21H23ClN6O2S2/c1-30-17-5-3-2-4-16(17)24-20-26-28(21(31)32-20)13-27-10-8-14(9-11-27)19(29)25-18-7-6-15(22)12-23-18/h2-7,12,14H,8-11,13H2,1H3,(H,24,26)(H,23,25,29). The van der Waals surface area contributed by atoms with Crippen LogP contribution in [0, 0.1) is 9.87 Å². The van der Waals surface area contributed by atoms with Crippen molar-refractivity contribution in [3.8, 4) is 5.75 Å². The largest absolute Gasteiger partial charge is 0.495 e. The fourth-order valence-electron chi connectivity index (χ4n) is 3.51. The molecule has 1 aliphatic heterocycles. The first kappa shape index (κ1) is 22.7. The van der Waals surface area contributed by atoms with Crippen molar-refractivity contribution in [2.45, 2.75) is 19.5 Å². The molecule has 1 amide bonds. The number of nitrogens with zero attached hydrogens (tertiary/aromatic N) is 4. The molecule has 0 bridgehead atoms. The fraction of sp³-hybridized carbons (Fsp3) is 0.333. The number of anilines is 3. The quantitative estimate of drug-likeness (QED) is 0.461. The van der Waals surface area contributed by atoms with E-state index in [1.165, 1.54) is 17.5 Å². The summed E-state index contributed by atoms with van der Waals surface area (Å²) in [5, 5.41) is 12.0. The smallest absolute Gasteiger partial charge is 0.228 e. The van der Waals surface area contributed by atoms with Gasteiger partial charge in [0.2, 0.25) is 11.0 Å². The van der Waals surface area contributed by atoms with Gasteiger partial charge in [-0.15, -0.1) is 5.10 Å². The maximum atomic E-state index is 12.5. The molecule has 3 aromatic rings.